The van der Waals surface area contributed by atoms with Crippen molar-refractivity contribution in [1.82, 2.24) is 5.32 Å². The van der Waals surface area contributed by atoms with Crippen LogP contribution in [-0.2, 0) is 4.79 Å². The molecule has 1 aromatic carbocycles. The number of rotatable bonds is 4. The Hall–Kier alpha value is -1.22. The molecular weight excluding hydrogens is 284 g/mol. The van der Waals surface area contributed by atoms with Gasteiger partial charge in [0.25, 0.3) is 0 Å². The molecule has 0 aromatic heterocycles. The molecule has 1 fully saturated rings. The Bertz CT molecular complexity index is 493. The SMILES string of the molecule is CCC(C)(C)NC(=O)C1CCN(c2cccc(Cl)c2)CC1. The first kappa shape index (κ1) is 16.2. The van der Waals surface area contributed by atoms with Gasteiger partial charge in [-0.1, -0.05) is 24.6 Å². The number of benzene rings is 1. The zero-order chi connectivity index (χ0) is 15.5. The molecule has 0 radical (unpaired) electrons. The fraction of sp³-hybridized carbons (Fsp3) is 0.588. The van der Waals surface area contributed by atoms with Crippen molar-refractivity contribution in [3.63, 3.8) is 0 Å². The molecule has 1 aromatic rings. The molecule has 21 heavy (non-hydrogen) atoms. The molecule has 1 aliphatic rings. The number of nitrogens with one attached hydrogen (secondary N) is 1. The number of anilines is 1. The lowest BCUT2D eigenvalue weighted by Crippen LogP contribution is -2.48. The van der Waals surface area contributed by atoms with Gasteiger partial charge in [-0.15, -0.1) is 0 Å². The zero-order valence-electron chi connectivity index (χ0n) is 13.2. The van der Waals surface area contributed by atoms with Gasteiger partial charge in [0.1, 0.15) is 0 Å². The van der Waals surface area contributed by atoms with Gasteiger partial charge in [-0.25, -0.2) is 0 Å². The molecule has 1 saturated heterocycles. The molecule has 116 valence electrons. The van der Waals surface area contributed by atoms with Crippen LogP contribution in [0.2, 0.25) is 5.02 Å². The number of carbonyl (C=O) groups excluding carboxylic acids is 1. The fourth-order valence-corrected chi connectivity index (χ4v) is 2.78. The molecule has 1 N–H and O–H groups in total. The number of nitrogens with zero attached hydrogens (tertiary/aromatic N) is 1. The van der Waals surface area contributed by atoms with Gasteiger partial charge < -0.3 is 10.2 Å². The Morgan fingerprint density at radius 2 is 2.05 bits per heavy atom. The van der Waals surface area contributed by atoms with Crippen LogP contribution in [0.15, 0.2) is 24.3 Å². The highest BCUT2D eigenvalue weighted by Gasteiger charge is 2.28. The van der Waals surface area contributed by atoms with Gasteiger partial charge in [-0.2, -0.15) is 0 Å². The van der Waals surface area contributed by atoms with E-state index in [2.05, 4.69) is 37.1 Å². The fourth-order valence-electron chi connectivity index (χ4n) is 2.60. The lowest BCUT2D eigenvalue weighted by Gasteiger charge is -2.35. The molecule has 3 nitrogen and oxygen atoms in total. The number of carbonyl (C=O) groups is 1. The Kier molecular flexibility index (Phi) is 5.15. The van der Waals surface area contributed by atoms with Gasteiger partial charge in [0.15, 0.2) is 0 Å². The molecule has 0 atom stereocenters. The van der Waals surface area contributed by atoms with E-state index in [1.807, 2.05) is 18.2 Å². The third-order valence-corrected chi connectivity index (χ3v) is 4.62. The van der Waals surface area contributed by atoms with Crippen LogP contribution >= 0.6 is 11.6 Å². The minimum Gasteiger partial charge on any atom is -0.371 e. The van der Waals surface area contributed by atoms with E-state index in [0.717, 1.165) is 43.1 Å². The summed E-state index contributed by atoms with van der Waals surface area (Å²) in [5.74, 6) is 0.332. The summed E-state index contributed by atoms with van der Waals surface area (Å²) in [7, 11) is 0. The second-order valence-electron chi connectivity index (χ2n) is 6.47. The summed E-state index contributed by atoms with van der Waals surface area (Å²) in [5.41, 5.74) is 1.04. The van der Waals surface area contributed by atoms with E-state index in [4.69, 9.17) is 11.6 Å². The van der Waals surface area contributed by atoms with Crippen LogP contribution in [0.3, 0.4) is 0 Å². The maximum Gasteiger partial charge on any atom is 0.223 e. The van der Waals surface area contributed by atoms with E-state index in [0.29, 0.717) is 0 Å². The lowest BCUT2D eigenvalue weighted by molar-refractivity contribution is -0.127. The molecule has 0 saturated carbocycles. The minimum atomic E-state index is -0.110. The van der Waals surface area contributed by atoms with E-state index in [9.17, 15) is 4.79 Å². The summed E-state index contributed by atoms with van der Waals surface area (Å²) in [4.78, 5) is 14.6. The Labute approximate surface area is 132 Å². The van der Waals surface area contributed by atoms with Gasteiger partial charge in [-0.05, 0) is 51.3 Å². The van der Waals surface area contributed by atoms with Crippen molar-refractivity contribution < 1.29 is 4.79 Å². The predicted molar refractivity (Wildman–Crippen MR) is 88.9 cm³/mol. The highest BCUT2D eigenvalue weighted by molar-refractivity contribution is 6.30. The zero-order valence-corrected chi connectivity index (χ0v) is 13.9. The van der Waals surface area contributed by atoms with Gasteiger partial charge in [-0.3, -0.25) is 4.79 Å². The molecule has 0 bridgehead atoms. The summed E-state index contributed by atoms with van der Waals surface area (Å²) in [6.07, 6.45) is 2.75. The number of halogens is 1. The van der Waals surface area contributed by atoms with Crippen molar-refractivity contribution in [3.05, 3.63) is 29.3 Å². The summed E-state index contributed by atoms with van der Waals surface area (Å²) in [6.45, 7) is 8.07. The van der Waals surface area contributed by atoms with Gasteiger partial charge in [0.05, 0.1) is 0 Å². The summed E-state index contributed by atoms with van der Waals surface area (Å²) < 4.78 is 0. The van der Waals surface area contributed by atoms with Crippen LogP contribution in [0.25, 0.3) is 0 Å². The van der Waals surface area contributed by atoms with Crippen LogP contribution in [0.5, 0.6) is 0 Å². The molecule has 2 rings (SSSR count). The standard InChI is InChI=1S/C17H25ClN2O/c1-4-17(2,3)19-16(21)13-8-10-20(11-9-13)15-7-5-6-14(18)12-15/h5-7,12-13H,4,8-11H2,1-3H3,(H,19,21). The van der Waals surface area contributed by atoms with Crippen LogP contribution in [0.4, 0.5) is 5.69 Å². The van der Waals surface area contributed by atoms with Crippen LogP contribution < -0.4 is 10.2 Å². The molecule has 0 aliphatic carbocycles. The second-order valence-corrected chi connectivity index (χ2v) is 6.90. The molecule has 0 spiro atoms. The normalized spacial score (nSPS) is 16.9. The topological polar surface area (TPSA) is 32.3 Å². The van der Waals surface area contributed by atoms with Gasteiger partial charge in [0, 0.05) is 35.3 Å². The van der Waals surface area contributed by atoms with Crippen molar-refractivity contribution in [1.29, 1.82) is 0 Å². The Morgan fingerprint density at radius 3 is 2.62 bits per heavy atom. The molecule has 0 unspecified atom stereocenters. The van der Waals surface area contributed by atoms with E-state index in [-0.39, 0.29) is 17.4 Å². The van der Waals surface area contributed by atoms with Gasteiger partial charge >= 0.3 is 0 Å². The number of hydrogen-bond acceptors (Lipinski definition) is 2. The minimum absolute atomic E-state index is 0.110. The molecule has 1 amide bonds. The highest BCUT2D eigenvalue weighted by Crippen LogP contribution is 2.26. The molecular formula is C17H25ClN2O. The third-order valence-electron chi connectivity index (χ3n) is 4.38. The van der Waals surface area contributed by atoms with Crippen molar-refractivity contribution in [3.8, 4) is 0 Å². The molecule has 1 heterocycles. The van der Waals surface area contributed by atoms with E-state index < -0.39 is 0 Å². The third kappa shape index (κ3) is 4.37. The van der Waals surface area contributed by atoms with Crippen molar-refractivity contribution in [2.24, 2.45) is 5.92 Å². The van der Waals surface area contributed by atoms with Crippen molar-refractivity contribution in [2.45, 2.75) is 45.6 Å². The van der Waals surface area contributed by atoms with Crippen molar-refractivity contribution in [2.75, 3.05) is 18.0 Å². The van der Waals surface area contributed by atoms with E-state index >= 15 is 0 Å². The van der Waals surface area contributed by atoms with Crippen LogP contribution in [0.1, 0.15) is 40.0 Å². The van der Waals surface area contributed by atoms with E-state index in [1.165, 1.54) is 0 Å². The van der Waals surface area contributed by atoms with Gasteiger partial charge in [0.2, 0.25) is 5.91 Å². The van der Waals surface area contributed by atoms with E-state index in [1.54, 1.807) is 0 Å². The van der Waals surface area contributed by atoms with Crippen LogP contribution in [-0.4, -0.2) is 24.5 Å². The quantitative estimate of drug-likeness (QED) is 0.916. The maximum absolute atomic E-state index is 12.3. The average Bonchev–Trinajstić information content (AvgIpc) is 2.47. The smallest absolute Gasteiger partial charge is 0.223 e. The Balaban J connectivity index is 1.90. The molecule has 4 heteroatoms. The number of amides is 1. The summed E-state index contributed by atoms with van der Waals surface area (Å²) >= 11 is 6.04. The number of piperidine rings is 1. The first-order valence-electron chi connectivity index (χ1n) is 7.74. The lowest BCUT2D eigenvalue weighted by atomic mass is 9.93. The van der Waals surface area contributed by atoms with Crippen molar-refractivity contribution >= 4 is 23.2 Å². The second kappa shape index (κ2) is 6.69. The maximum atomic E-state index is 12.3. The highest BCUT2D eigenvalue weighted by atomic mass is 35.5. The number of hydrogen-bond donors (Lipinski definition) is 1. The Morgan fingerprint density at radius 1 is 1.38 bits per heavy atom. The largest absolute Gasteiger partial charge is 0.371 e. The summed E-state index contributed by atoms with van der Waals surface area (Å²) in [6, 6.07) is 7.92. The molecule has 1 aliphatic heterocycles. The first-order chi connectivity index (χ1) is 9.91. The monoisotopic (exact) mass is 308 g/mol. The summed E-state index contributed by atoms with van der Waals surface area (Å²) in [5, 5.41) is 3.92. The van der Waals surface area contributed by atoms with Crippen LogP contribution in [0, 0.1) is 5.92 Å². The predicted octanol–water partition coefficient (Wildman–Crippen LogP) is 3.86. The average molecular weight is 309 g/mol. The first-order valence-corrected chi connectivity index (χ1v) is 8.11.